The molecule has 4 heterocycles. The fourth-order valence-corrected chi connectivity index (χ4v) is 6.11. The third kappa shape index (κ3) is 2.50. The molecule has 0 N–H and O–H groups in total. The Bertz CT molecular complexity index is 1280. The van der Waals surface area contributed by atoms with E-state index in [1.54, 1.807) is 0 Å². The SMILES string of the molecule is O=C1[C@@H]2[C@H]3O[C@@H]([C@@H]2C(=O)N1c1ccccc1)[C@H]1[C@@H]3C(c2ccccc2)=NN1c1ccccc1. The minimum Gasteiger partial charge on any atom is -0.370 e. The van der Waals surface area contributed by atoms with Gasteiger partial charge in [0.1, 0.15) is 0 Å². The fraction of sp³-hybridized carbons (Fsp3) is 0.222. The zero-order valence-corrected chi connectivity index (χ0v) is 17.7. The van der Waals surface area contributed by atoms with E-state index in [0.29, 0.717) is 5.69 Å². The number of hydrogen-bond acceptors (Lipinski definition) is 5. The number of anilines is 2. The molecule has 0 saturated carbocycles. The van der Waals surface area contributed by atoms with Crippen LogP contribution in [0.3, 0.4) is 0 Å². The Hall–Kier alpha value is -3.77. The number of carbonyl (C=O) groups excluding carboxylic acids is 2. The number of benzene rings is 3. The molecule has 33 heavy (non-hydrogen) atoms. The van der Waals surface area contributed by atoms with Gasteiger partial charge in [-0.1, -0.05) is 66.7 Å². The first-order valence-electron chi connectivity index (χ1n) is 11.3. The molecule has 0 aromatic heterocycles. The lowest BCUT2D eigenvalue weighted by Gasteiger charge is -2.32. The smallest absolute Gasteiger partial charge is 0.240 e. The first-order valence-corrected chi connectivity index (χ1v) is 11.3. The zero-order chi connectivity index (χ0) is 22.1. The average Bonchev–Trinajstić information content (AvgIpc) is 3.60. The minimum atomic E-state index is -0.486. The van der Waals surface area contributed by atoms with E-state index in [0.717, 1.165) is 17.0 Å². The van der Waals surface area contributed by atoms with Gasteiger partial charge in [0.05, 0.1) is 53.1 Å². The highest BCUT2D eigenvalue weighted by atomic mass is 16.5. The second kappa shape index (κ2) is 6.86. The summed E-state index contributed by atoms with van der Waals surface area (Å²) in [7, 11) is 0. The molecular weight excluding hydrogens is 414 g/mol. The molecule has 4 aliphatic rings. The van der Waals surface area contributed by atoms with Crippen LogP contribution in [0.5, 0.6) is 0 Å². The second-order valence-corrected chi connectivity index (χ2v) is 9.01. The van der Waals surface area contributed by atoms with Crippen molar-refractivity contribution in [3.63, 3.8) is 0 Å². The van der Waals surface area contributed by atoms with E-state index < -0.39 is 11.8 Å². The van der Waals surface area contributed by atoms with Crippen molar-refractivity contribution >= 4 is 28.9 Å². The van der Waals surface area contributed by atoms with Crippen molar-refractivity contribution < 1.29 is 14.3 Å². The van der Waals surface area contributed by atoms with Crippen molar-refractivity contribution in [3.05, 3.63) is 96.6 Å². The maximum atomic E-state index is 13.5. The van der Waals surface area contributed by atoms with Crippen LogP contribution < -0.4 is 9.91 Å². The van der Waals surface area contributed by atoms with Gasteiger partial charge in [0.2, 0.25) is 11.8 Å². The predicted octanol–water partition coefficient (Wildman–Crippen LogP) is 3.48. The molecule has 0 unspecified atom stereocenters. The summed E-state index contributed by atoms with van der Waals surface area (Å²) < 4.78 is 6.44. The van der Waals surface area contributed by atoms with E-state index in [1.165, 1.54) is 4.90 Å². The Morgan fingerprint density at radius 1 is 0.636 bits per heavy atom. The van der Waals surface area contributed by atoms with Gasteiger partial charge in [0, 0.05) is 0 Å². The number of hydrazone groups is 1. The Labute approximate surface area is 191 Å². The van der Waals surface area contributed by atoms with Crippen molar-refractivity contribution in [2.75, 3.05) is 9.91 Å². The molecule has 6 heteroatoms. The number of nitrogens with zero attached hydrogens (tertiary/aromatic N) is 3. The molecule has 3 aromatic rings. The van der Waals surface area contributed by atoms with Crippen LogP contribution in [0.1, 0.15) is 5.56 Å². The lowest BCUT2D eigenvalue weighted by Crippen LogP contribution is -2.50. The highest BCUT2D eigenvalue weighted by molar-refractivity contribution is 6.23. The van der Waals surface area contributed by atoms with E-state index in [4.69, 9.17) is 9.84 Å². The third-order valence-electron chi connectivity index (χ3n) is 7.40. The van der Waals surface area contributed by atoms with Gasteiger partial charge in [-0.3, -0.25) is 14.6 Å². The molecule has 2 bridgehead atoms. The molecule has 3 fully saturated rings. The van der Waals surface area contributed by atoms with Crippen LogP contribution in [-0.2, 0) is 14.3 Å². The zero-order valence-electron chi connectivity index (χ0n) is 17.7. The molecule has 3 saturated heterocycles. The first-order chi connectivity index (χ1) is 16.2. The number of carbonyl (C=O) groups is 2. The van der Waals surface area contributed by atoms with Crippen molar-refractivity contribution in [3.8, 4) is 0 Å². The fourth-order valence-electron chi connectivity index (χ4n) is 6.11. The van der Waals surface area contributed by atoms with E-state index in [1.807, 2.05) is 96.0 Å². The summed E-state index contributed by atoms with van der Waals surface area (Å²) >= 11 is 0. The summed E-state index contributed by atoms with van der Waals surface area (Å²) in [5.74, 6) is -1.36. The van der Waals surface area contributed by atoms with Gasteiger partial charge in [0.25, 0.3) is 0 Å². The number of ether oxygens (including phenoxy) is 1. The number of hydrogen-bond donors (Lipinski definition) is 0. The maximum absolute atomic E-state index is 13.5. The van der Waals surface area contributed by atoms with Crippen LogP contribution in [0.25, 0.3) is 0 Å². The molecule has 3 aromatic carbocycles. The number of imide groups is 1. The Balaban J connectivity index is 1.33. The predicted molar refractivity (Wildman–Crippen MR) is 124 cm³/mol. The minimum absolute atomic E-state index is 0.0775. The Morgan fingerprint density at radius 3 is 1.82 bits per heavy atom. The molecular formula is C27H21N3O3. The van der Waals surface area contributed by atoms with E-state index in [2.05, 4.69) is 0 Å². The van der Waals surface area contributed by atoms with Crippen LogP contribution in [-0.4, -0.2) is 35.8 Å². The first kappa shape index (κ1) is 18.8. The van der Waals surface area contributed by atoms with Crippen LogP contribution in [0.15, 0.2) is 96.1 Å². The van der Waals surface area contributed by atoms with Crippen molar-refractivity contribution in [2.45, 2.75) is 18.2 Å². The molecule has 6 nitrogen and oxygen atoms in total. The Kier molecular flexibility index (Phi) is 3.90. The van der Waals surface area contributed by atoms with Crippen molar-refractivity contribution in [1.82, 2.24) is 0 Å². The van der Waals surface area contributed by atoms with E-state index in [9.17, 15) is 9.59 Å². The number of rotatable bonds is 3. The summed E-state index contributed by atoms with van der Waals surface area (Å²) in [6.07, 6.45) is -0.761. The van der Waals surface area contributed by atoms with Gasteiger partial charge in [-0.15, -0.1) is 0 Å². The van der Waals surface area contributed by atoms with Crippen molar-refractivity contribution in [2.24, 2.45) is 22.9 Å². The molecule has 0 spiro atoms. The van der Waals surface area contributed by atoms with Gasteiger partial charge in [-0.05, 0) is 29.8 Å². The van der Waals surface area contributed by atoms with Crippen molar-refractivity contribution in [1.29, 1.82) is 0 Å². The number of amides is 2. The lowest BCUT2D eigenvalue weighted by molar-refractivity contribution is -0.125. The topological polar surface area (TPSA) is 62.2 Å². The van der Waals surface area contributed by atoms with Gasteiger partial charge in [-0.2, -0.15) is 5.10 Å². The highest BCUT2D eigenvalue weighted by Gasteiger charge is 2.72. The normalized spacial score (nSPS) is 31.7. The summed E-state index contributed by atoms with van der Waals surface area (Å²) in [4.78, 5) is 28.4. The third-order valence-corrected chi connectivity index (χ3v) is 7.40. The van der Waals surface area contributed by atoms with Crippen LogP contribution in [0, 0.1) is 17.8 Å². The monoisotopic (exact) mass is 435 g/mol. The summed E-state index contributed by atoms with van der Waals surface area (Å²) in [5, 5.41) is 7.05. The van der Waals surface area contributed by atoms with Crippen LogP contribution >= 0.6 is 0 Å². The number of fused-ring (bicyclic) bond motifs is 8. The van der Waals surface area contributed by atoms with Crippen LogP contribution in [0.2, 0.25) is 0 Å². The summed E-state index contributed by atoms with van der Waals surface area (Å²) in [6.45, 7) is 0. The maximum Gasteiger partial charge on any atom is 0.240 e. The molecule has 0 radical (unpaired) electrons. The number of para-hydroxylation sites is 2. The lowest BCUT2D eigenvalue weighted by atomic mass is 9.70. The quantitative estimate of drug-likeness (QED) is 0.591. The largest absolute Gasteiger partial charge is 0.370 e. The van der Waals surface area contributed by atoms with Crippen LogP contribution in [0.4, 0.5) is 11.4 Å². The van der Waals surface area contributed by atoms with E-state index in [-0.39, 0.29) is 36.0 Å². The average molecular weight is 435 g/mol. The Morgan fingerprint density at radius 2 is 1.18 bits per heavy atom. The molecule has 0 aliphatic carbocycles. The standard InChI is InChI=1S/C27H21N3O3/c31-26-19-20(27(32)29(26)17-12-6-2-7-13-17)25-23-21(24(19)33-25)22(16-10-4-1-5-11-16)28-30(23)18-14-8-3-9-15-18/h1-15,19-21,23-25H/t19-,20+,21-,23+,24+,25-/m0/s1. The molecule has 6 atom stereocenters. The van der Waals surface area contributed by atoms with Gasteiger partial charge in [-0.25, -0.2) is 4.90 Å². The highest BCUT2D eigenvalue weighted by Crippen LogP contribution is 2.56. The molecule has 7 rings (SSSR count). The summed E-state index contributed by atoms with van der Waals surface area (Å²) in [6, 6.07) is 29.1. The molecule has 162 valence electrons. The van der Waals surface area contributed by atoms with E-state index >= 15 is 0 Å². The molecule has 2 amide bonds. The van der Waals surface area contributed by atoms with Gasteiger partial charge in [0.15, 0.2) is 0 Å². The van der Waals surface area contributed by atoms with Gasteiger partial charge < -0.3 is 4.74 Å². The van der Waals surface area contributed by atoms with Gasteiger partial charge >= 0.3 is 0 Å². The summed E-state index contributed by atoms with van der Waals surface area (Å²) in [5.41, 5.74) is 3.54. The second-order valence-electron chi connectivity index (χ2n) is 9.01. The molecule has 4 aliphatic heterocycles.